The van der Waals surface area contributed by atoms with Crippen molar-refractivity contribution in [2.45, 2.75) is 6.61 Å². The zero-order valence-electron chi connectivity index (χ0n) is 13.6. The summed E-state index contributed by atoms with van der Waals surface area (Å²) in [5.74, 6) is 0.256. The van der Waals surface area contributed by atoms with Crippen LogP contribution in [0.3, 0.4) is 0 Å². The molecule has 1 aliphatic heterocycles. The first-order valence-electron chi connectivity index (χ1n) is 7.79. The Bertz CT molecular complexity index is 702. The highest BCUT2D eigenvalue weighted by Gasteiger charge is 2.14. The van der Waals surface area contributed by atoms with Crippen molar-refractivity contribution in [2.24, 2.45) is 0 Å². The predicted octanol–water partition coefficient (Wildman–Crippen LogP) is 1.71. The Balaban J connectivity index is 1.71. The molecular weight excluding hydrogens is 308 g/mol. The van der Waals surface area contributed by atoms with E-state index in [1.165, 1.54) is 0 Å². The van der Waals surface area contributed by atoms with Crippen LogP contribution in [0.5, 0.6) is 0 Å². The lowest BCUT2D eigenvalue weighted by Gasteiger charge is -2.28. The first kappa shape index (κ1) is 16.4. The molecule has 3 heterocycles. The van der Waals surface area contributed by atoms with E-state index in [4.69, 9.17) is 9.47 Å². The summed E-state index contributed by atoms with van der Waals surface area (Å²) < 4.78 is 10.4. The summed E-state index contributed by atoms with van der Waals surface area (Å²) in [6.07, 6.45) is 4.96. The second-order valence-electron chi connectivity index (χ2n) is 5.47. The average molecular weight is 328 g/mol. The second-order valence-corrected chi connectivity index (χ2v) is 5.47. The number of anilines is 2. The van der Waals surface area contributed by atoms with Crippen LogP contribution in [0.1, 0.15) is 15.9 Å². The normalized spacial score (nSPS) is 14.5. The van der Waals surface area contributed by atoms with Gasteiger partial charge in [0, 0.05) is 32.6 Å². The van der Waals surface area contributed by atoms with Crippen LogP contribution in [0, 0.1) is 0 Å². The van der Waals surface area contributed by atoms with E-state index in [2.05, 4.69) is 20.2 Å². The fourth-order valence-electron chi connectivity index (χ4n) is 2.53. The highest BCUT2D eigenvalue weighted by molar-refractivity contribution is 6.04. The Morgan fingerprint density at radius 1 is 1.33 bits per heavy atom. The molecule has 0 aliphatic carbocycles. The van der Waals surface area contributed by atoms with Gasteiger partial charge in [-0.15, -0.1) is 0 Å². The SMILES string of the molecule is COCc1ccnc(NC(=O)c2cncc(N3CCOCC3)c2)c1. The molecule has 0 saturated carbocycles. The quantitative estimate of drug-likeness (QED) is 0.900. The van der Waals surface area contributed by atoms with Gasteiger partial charge in [0.2, 0.25) is 0 Å². The molecule has 1 saturated heterocycles. The molecule has 7 heteroatoms. The van der Waals surface area contributed by atoms with Gasteiger partial charge in [-0.1, -0.05) is 0 Å². The number of carbonyl (C=O) groups is 1. The van der Waals surface area contributed by atoms with Crippen LogP contribution in [0.2, 0.25) is 0 Å². The van der Waals surface area contributed by atoms with E-state index in [1.807, 2.05) is 12.1 Å². The molecule has 1 N–H and O–H groups in total. The molecule has 0 radical (unpaired) electrons. The van der Waals surface area contributed by atoms with Gasteiger partial charge in [-0.25, -0.2) is 4.98 Å². The lowest BCUT2D eigenvalue weighted by Crippen LogP contribution is -2.36. The van der Waals surface area contributed by atoms with Crippen molar-refractivity contribution < 1.29 is 14.3 Å². The Hall–Kier alpha value is -2.51. The number of rotatable bonds is 5. The van der Waals surface area contributed by atoms with E-state index in [1.54, 1.807) is 31.8 Å². The van der Waals surface area contributed by atoms with E-state index in [9.17, 15) is 4.79 Å². The minimum Gasteiger partial charge on any atom is -0.380 e. The number of morpholine rings is 1. The van der Waals surface area contributed by atoms with E-state index < -0.39 is 0 Å². The van der Waals surface area contributed by atoms with E-state index in [0.29, 0.717) is 31.2 Å². The smallest absolute Gasteiger partial charge is 0.258 e. The molecular formula is C17H20N4O3. The zero-order valence-corrected chi connectivity index (χ0v) is 13.6. The maximum atomic E-state index is 12.5. The summed E-state index contributed by atoms with van der Waals surface area (Å²) in [6.45, 7) is 3.44. The molecule has 24 heavy (non-hydrogen) atoms. The van der Waals surface area contributed by atoms with E-state index >= 15 is 0 Å². The monoisotopic (exact) mass is 328 g/mol. The molecule has 0 spiro atoms. The van der Waals surface area contributed by atoms with Crippen LogP contribution < -0.4 is 10.2 Å². The van der Waals surface area contributed by atoms with Gasteiger partial charge < -0.3 is 19.7 Å². The molecule has 0 aromatic carbocycles. The molecule has 1 amide bonds. The van der Waals surface area contributed by atoms with Gasteiger partial charge in [0.25, 0.3) is 5.91 Å². The maximum Gasteiger partial charge on any atom is 0.258 e. The van der Waals surface area contributed by atoms with Gasteiger partial charge in [0.1, 0.15) is 5.82 Å². The predicted molar refractivity (Wildman–Crippen MR) is 90.2 cm³/mol. The lowest BCUT2D eigenvalue weighted by atomic mass is 10.2. The zero-order chi connectivity index (χ0) is 16.8. The van der Waals surface area contributed by atoms with Gasteiger partial charge in [0.15, 0.2) is 0 Å². The Labute approximate surface area is 140 Å². The first-order valence-corrected chi connectivity index (χ1v) is 7.79. The number of amides is 1. The maximum absolute atomic E-state index is 12.5. The minimum atomic E-state index is -0.236. The number of nitrogens with one attached hydrogen (secondary N) is 1. The van der Waals surface area contributed by atoms with Crippen molar-refractivity contribution in [3.05, 3.63) is 47.9 Å². The number of ether oxygens (including phenoxy) is 2. The van der Waals surface area contributed by atoms with Crippen molar-refractivity contribution >= 4 is 17.4 Å². The molecule has 0 atom stereocenters. The van der Waals surface area contributed by atoms with Crippen molar-refractivity contribution in [1.82, 2.24) is 9.97 Å². The first-order chi connectivity index (χ1) is 11.8. The third-order valence-corrected chi connectivity index (χ3v) is 3.74. The molecule has 2 aromatic rings. The number of aromatic nitrogens is 2. The number of carbonyl (C=O) groups excluding carboxylic acids is 1. The Morgan fingerprint density at radius 3 is 2.96 bits per heavy atom. The summed E-state index contributed by atoms with van der Waals surface area (Å²) in [6, 6.07) is 5.48. The molecule has 126 valence electrons. The van der Waals surface area contributed by atoms with Crippen LogP contribution in [-0.2, 0) is 16.1 Å². The molecule has 7 nitrogen and oxygen atoms in total. The second kappa shape index (κ2) is 7.85. The Kier molecular flexibility index (Phi) is 5.35. The number of methoxy groups -OCH3 is 1. The molecule has 2 aromatic heterocycles. The van der Waals surface area contributed by atoms with Crippen LogP contribution in [0.4, 0.5) is 11.5 Å². The molecule has 1 aliphatic rings. The number of hydrogen-bond donors (Lipinski definition) is 1. The van der Waals surface area contributed by atoms with E-state index in [0.717, 1.165) is 24.3 Å². The van der Waals surface area contributed by atoms with Gasteiger partial charge in [-0.3, -0.25) is 9.78 Å². The fraction of sp³-hybridized carbons (Fsp3) is 0.353. The highest BCUT2D eigenvalue weighted by atomic mass is 16.5. The third-order valence-electron chi connectivity index (χ3n) is 3.74. The summed E-state index contributed by atoms with van der Waals surface area (Å²) in [7, 11) is 1.63. The summed E-state index contributed by atoms with van der Waals surface area (Å²) in [4.78, 5) is 23.0. The molecule has 3 rings (SSSR count). The van der Waals surface area contributed by atoms with Crippen molar-refractivity contribution in [3.8, 4) is 0 Å². The van der Waals surface area contributed by atoms with Crippen LogP contribution in [-0.4, -0.2) is 49.3 Å². The average Bonchev–Trinajstić information content (AvgIpc) is 2.63. The third kappa shape index (κ3) is 4.06. The lowest BCUT2D eigenvalue weighted by molar-refractivity contribution is 0.102. The standard InChI is InChI=1S/C17H20N4O3/c1-23-12-13-2-3-19-16(8-13)20-17(22)14-9-15(11-18-10-14)21-4-6-24-7-5-21/h2-3,8-11H,4-7,12H2,1H3,(H,19,20,22). The van der Waals surface area contributed by atoms with Crippen molar-refractivity contribution in [1.29, 1.82) is 0 Å². The topological polar surface area (TPSA) is 76.6 Å². The fourth-order valence-corrected chi connectivity index (χ4v) is 2.53. The highest BCUT2D eigenvalue weighted by Crippen LogP contribution is 2.17. The van der Waals surface area contributed by atoms with Crippen LogP contribution in [0.25, 0.3) is 0 Å². The van der Waals surface area contributed by atoms with Gasteiger partial charge in [-0.05, 0) is 23.8 Å². The number of nitrogens with zero attached hydrogens (tertiary/aromatic N) is 3. The number of pyridine rings is 2. The van der Waals surface area contributed by atoms with Crippen molar-refractivity contribution in [2.75, 3.05) is 43.6 Å². The largest absolute Gasteiger partial charge is 0.380 e. The van der Waals surface area contributed by atoms with Gasteiger partial charge in [0.05, 0.1) is 37.3 Å². The summed E-state index contributed by atoms with van der Waals surface area (Å²) in [5.41, 5.74) is 2.37. The number of hydrogen-bond acceptors (Lipinski definition) is 6. The minimum absolute atomic E-state index is 0.236. The molecule has 0 unspecified atom stereocenters. The Morgan fingerprint density at radius 2 is 2.17 bits per heavy atom. The van der Waals surface area contributed by atoms with Crippen LogP contribution >= 0.6 is 0 Å². The van der Waals surface area contributed by atoms with Gasteiger partial charge >= 0.3 is 0 Å². The molecule has 0 bridgehead atoms. The van der Waals surface area contributed by atoms with Crippen LogP contribution in [0.15, 0.2) is 36.8 Å². The molecule has 1 fully saturated rings. The van der Waals surface area contributed by atoms with Crippen molar-refractivity contribution in [3.63, 3.8) is 0 Å². The van der Waals surface area contributed by atoms with E-state index in [-0.39, 0.29) is 5.91 Å². The summed E-state index contributed by atoms with van der Waals surface area (Å²) >= 11 is 0. The summed E-state index contributed by atoms with van der Waals surface area (Å²) in [5, 5.41) is 2.80. The van der Waals surface area contributed by atoms with Gasteiger partial charge in [-0.2, -0.15) is 0 Å².